The van der Waals surface area contributed by atoms with Gasteiger partial charge in [-0.1, -0.05) is 30.3 Å². The first-order valence-electron chi connectivity index (χ1n) is 5.69. The Balaban J connectivity index is 2.31. The van der Waals surface area contributed by atoms with E-state index in [9.17, 15) is 5.11 Å². The summed E-state index contributed by atoms with van der Waals surface area (Å²) in [5, 5.41) is 10.4. The molecule has 0 amide bonds. The van der Waals surface area contributed by atoms with Crippen LogP contribution in [0.3, 0.4) is 0 Å². The number of hydrogen-bond donors (Lipinski definition) is 2. The number of phenolic OH excluding ortho intramolecular Hbond substituents is 1. The lowest BCUT2D eigenvalue weighted by atomic mass is 10.0. The number of nitrogens with two attached hydrogens (primary N) is 1. The first-order chi connectivity index (χ1) is 8.74. The van der Waals surface area contributed by atoms with E-state index in [2.05, 4.69) is 4.98 Å². The quantitative estimate of drug-likeness (QED) is 0.682. The van der Waals surface area contributed by atoms with E-state index in [0.29, 0.717) is 5.82 Å². The van der Waals surface area contributed by atoms with E-state index in [1.807, 2.05) is 42.5 Å². The third kappa shape index (κ3) is 1.76. The first kappa shape index (κ1) is 10.6. The fraction of sp³-hybridized carbons (Fsp3) is 0. The SMILES string of the molecule is Nc1cc(-c2ccc(O)cc2)c2ccccc2n1. The van der Waals surface area contributed by atoms with E-state index in [1.165, 1.54) is 0 Å². The number of nitrogen functional groups attached to an aromatic ring is 1. The lowest BCUT2D eigenvalue weighted by molar-refractivity contribution is 0.475. The molecule has 0 atom stereocenters. The Morgan fingerprint density at radius 2 is 1.67 bits per heavy atom. The van der Waals surface area contributed by atoms with Crippen molar-refractivity contribution < 1.29 is 5.11 Å². The number of hydrogen-bond acceptors (Lipinski definition) is 3. The molecule has 88 valence electrons. The third-order valence-corrected chi connectivity index (χ3v) is 2.91. The van der Waals surface area contributed by atoms with E-state index in [-0.39, 0.29) is 5.75 Å². The Kier molecular flexibility index (Phi) is 2.38. The zero-order valence-corrected chi connectivity index (χ0v) is 9.67. The predicted molar refractivity (Wildman–Crippen MR) is 73.3 cm³/mol. The van der Waals surface area contributed by atoms with Crippen LogP contribution in [-0.2, 0) is 0 Å². The maximum Gasteiger partial charge on any atom is 0.124 e. The van der Waals surface area contributed by atoms with Gasteiger partial charge in [-0.15, -0.1) is 0 Å². The topological polar surface area (TPSA) is 59.1 Å². The van der Waals surface area contributed by atoms with E-state index in [4.69, 9.17) is 5.73 Å². The van der Waals surface area contributed by atoms with Crippen molar-refractivity contribution in [2.45, 2.75) is 0 Å². The normalized spacial score (nSPS) is 10.7. The summed E-state index contributed by atoms with van der Waals surface area (Å²) in [6.45, 7) is 0. The molecule has 0 bridgehead atoms. The molecular weight excluding hydrogens is 224 g/mol. The van der Waals surface area contributed by atoms with Gasteiger partial charge in [0.05, 0.1) is 5.52 Å². The number of nitrogens with zero attached hydrogens (tertiary/aromatic N) is 1. The fourth-order valence-corrected chi connectivity index (χ4v) is 2.08. The van der Waals surface area contributed by atoms with E-state index in [0.717, 1.165) is 22.0 Å². The van der Waals surface area contributed by atoms with Crippen molar-refractivity contribution in [2.75, 3.05) is 5.73 Å². The lowest BCUT2D eigenvalue weighted by Crippen LogP contribution is -1.92. The van der Waals surface area contributed by atoms with Crippen LogP contribution in [0.2, 0.25) is 0 Å². The second kappa shape index (κ2) is 4.04. The lowest BCUT2D eigenvalue weighted by Gasteiger charge is -2.08. The molecule has 0 saturated heterocycles. The van der Waals surface area contributed by atoms with Gasteiger partial charge in [-0.3, -0.25) is 0 Å². The van der Waals surface area contributed by atoms with Crippen LogP contribution in [0.15, 0.2) is 54.6 Å². The molecule has 0 radical (unpaired) electrons. The van der Waals surface area contributed by atoms with Crippen molar-refractivity contribution in [3.05, 3.63) is 54.6 Å². The Hall–Kier alpha value is -2.55. The summed E-state index contributed by atoms with van der Waals surface area (Å²) in [5.41, 5.74) is 8.75. The highest BCUT2D eigenvalue weighted by atomic mass is 16.3. The van der Waals surface area contributed by atoms with Gasteiger partial charge in [-0.2, -0.15) is 0 Å². The molecule has 0 aliphatic rings. The van der Waals surface area contributed by atoms with Crippen LogP contribution in [0.25, 0.3) is 22.0 Å². The van der Waals surface area contributed by atoms with Gasteiger partial charge in [0.1, 0.15) is 11.6 Å². The third-order valence-electron chi connectivity index (χ3n) is 2.91. The Labute approximate surface area is 105 Å². The number of aromatic hydroxyl groups is 1. The highest BCUT2D eigenvalue weighted by Crippen LogP contribution is 2.30. The minimum absolute atomic E-state index is 0.255. The summed E-state index contributed by atoms with van der Waals surface area (Å²) in [7, 11) is 0. The highest BCUT2D eigenvalue weighted by molar-refractivity contribution is 5.95. The van der Waals surface area contributed by atoms with Gasteiger partial charge in [0.2, 0.25) is 0 Å². The summed E-state index contributed by atoms with van der Waals surface area (Å²) in [6, 6.07) is 16.8. The molecule has 3 rings (SSSR count). The molecule has 0 unspecified atom stereocenters. The smallest absolute Gasteiger partial charge is 0.124 e. The summed E-state index contributed by atoms with van der Waals surface area (Å²) < 4.78 is 0. The molecule has 0 saturated carbocycles. The molecule has 0 spiro atoms. The van der Waals surface area contributed by atoms with Crippen molar-refractivity contribution in [1.29, 1.82) is 0 Å². The van der Waals surface area contributed by atoms with Crippen LogP contribution in [0, 0.1) is 0 Å². The molecule has 1 heterocycles. The molecule has 3 aromatic rings. The number of rotatable bonds is 1. The number of phenols is 1. The fourth-order valence-electron chi connectivity index (χ4n) is 2.08. The standard InChI is InChI=1S/C15H12N2O/c16-15-9-13(10-5-7-11(18)8-6-10)12-3-1-2-4-14(12)17-15/h1-9,18H,(H2,16,17). The second-order valence-corrected chi connectivity index (χ2v) is 4.16. The predicted octanol–water partition coefficient (Wildman–Crippen LogP) is 3.19. The molecule has 3 heteroatoms. The molecule has 0 aliphatic heterocycles. The molecule has 2 aromatic carbocycles. The van der Waals surface area contributed by atoms with Crippen LogP contribution in [-0.4, -0.2) is 10.1 Å². The minimum atomic E-state index is 0.255. The number of fused-ring (bicyclic) bond motifs is 1. The minimum Gasteiger partial charge on any atom is -0.508 e. The number of pyridine rings is 1. The maximum absolute atomic E-state index is 9.33. The van der Waals surface area contributed by atoms with Crippen molar-refractivity contribution in [3.63, 3.8) is 0 Å². The average Bonchev–Trinajstić information content (AvgIpc) is 2.38. The maximum atomic E-state index is 9.33. The number of benzene rings is 2. The molecule has 3 nitrogen and oxygen atoms in total. The monoisotopic (exact) mass is 236 g/mol. The molecule has 18 heavy (non-hydrogen) atoms. The number of para-hydroxylation sites is 1. The van der Waals surface area contributed by atoms with Crippen LogP contribution < -0.4 is 5.73 Å². The van der Waals surface area contributed by atoms with E-state index >= 15 is 0 Å². The van der Waals surface area contributed by atoms with Crippen LogP contribution in [0.5, 0.6) is 5.75 Å². The van der Waals surface area contributed by atoms with Gasteiger partial charge < -0.3 is 10.8 Å². The first-order valence-corrected chi connectivity index (χ1v) is 5.69. The average molecular weight is 236 g/mol. The van der Waals surface area contributed by atoms with Crippen molar-refractivity contribution >= 4 is 16.7 Å². The largest absolute Gasteiger partial charge is 0.508 e. The van der Waals surface area contributed by atoms with E-state index < -0.39 is 0 Å². The Morgan fingerprint density at radius 3 is 2.44 bits per heavy atom. The molecule has 1 aromatic heterocycles. The van der Waals surface area contributed by atoms with Gasteiger partial charge >= 0.3 is 0 Å². The zero-order valence-electron chi connectivity index (χ0n) is 9.67. The molecule has 3 N–H and O–H groups in total. The van der Waals surface area contributed by atoms with Gasteiger partial charge in [0.25, 0.3) is 0 Å². The molecular formula is C15H12N2O. The highest BCUT2D eigenvalue weighted by Gasteiger charge is 2.06. The van der Waals surface area contributed by atoms with Crippen LogP contribution >= 0.6 is 0 Å². The molecule has 0 fully saturated rings. The molecule has 0 aliphatic carbocycles. The van der Waals surface area contributed by atoms with Gasteiger partial charge in [0.15, 0.2) is 0 Å². The Morgan fingerprint density at radius 1 is 0.944 bits per heavy atom. The van der Waals surface area contributed by atoms with Crippen molar-refractivity contribution in [1.82, 2.24) is 4.98 Å². The van der Waals surface area contributed by atoms with E-state index in [1.54, 1.807) is 12.1 Å². The Bertz CT molecular complexity index is 705. The zero-order chi connectivity index (χ0) is 12.5. The van der Waals surface area contributed by atoms with Crippen molar-refractivity contribution in [2.24, 2.45) is 0 Å². The van der Waals surface area contributed by atoms with Crippen molar-refractivity contribution in [3.8, 4) is 16.9 Å². The second-order valence-electron chi connectivity index (χ2n) is 4.16. The van der Waals surface area contributed by atoms with Crippen LogP contribution in [0.1, 0.15) is 0 Å². The number of anilines is 1. The van der Waals surface area contributed by atoms with Gasteiger partial charge in [0, 0.05) is 5.39 Å². The summed E-state index contributed by atoms with van der Waals surface area (Å²) in [5.74, 6) is 0.752. The summed E-state index contributed by atoms with van der Waals surface area (Å²) in [4.78, 5) is 4.31. The van der Waals surface area contributed by atoms with Gasteiger partial charge in [-0.05, 0) is 35.4 Å². The van der Waals surface area contributed by atoms with Crippen LogP contribution in [0.4, 0.5) is 5.82 Å². The summed E-state index contributed by atoms with van der Waals surface area (Å²) in [6.07, 6.45) is 0. The number of aromatic nitrogens is 1. The summed E-state index contributed by atoms with van der Waals surface area (Å²) >= 11 is 0. The van der Waals surface area contributed by atoms with Gasteiger partial charge in [-0.25, -0.2) is 4.98 Å².